The van der Waals surface area contributed by atoms with Gasteiger partial charge in [-0.3, -0.25) is 4.79 Å². The third-order valence-corrected chi connectivity index (χ3v) is 3.00. The van der Waals surface area contributed by atoms with Crippen molar-refractivity contribution in [3.8, 4) is 0 Å². The molecule has 17 heavy (non-hydrogen) atoms. The molecule has 0 aromatic rings. The maximum atomic E-state index is 11.3. The number of carbonyl (C=O) groups is 1. The molecule has 0 N–H and O–H groups in total. The zero-order chi connectivity index (χ0) is 12.7. The van der Waals surface area contributed by atoms with E-state index in [1.54, 1.807) is 12.2 Å². The lowest BCUT2D eigenvalue weighted by Gasteiger charge is -2.12. The van der Waals surface area contributed by atoms with Crippen LogP contribution in [0.5, 0.6) is 0 Å². The summed E-state index contributed by atoms with van der Waals surface area (Å²) in [5, 5.41) is 0. The molecular weight excluding hydrogens is 216 g/mol. The van der Waals surface area contributed by atoms with Crippen molar-refractivity contribution in [2.45, 2.75) is 25.4 Å². The lowest BCUT2D eigenvalue weighted by atomic mass is 10.1. The maximum absolute atomic E-state index is 11.3. The minimum atomic E-state index is -0.123. The Hall–Kier alpha value is -1.35. The quantitative estimate of drug-likeness (QED) is 0.525. The lowest BCUT2D eigenvalue weighted by molar-refractivity contribution is -0.145. The molecule has 0 aliphatic heterocycles. The summed E-state index contributed by atoms with van der Waals surface area (Å²) in [4.78, 5) is 11.3. The first-order valence-corrected chi connectivity index (χ1v) is 5.84. The van der Waals surface area contributed by atoms with Crippen LogP contribution in [-0.2, 0) is 14.3 Å². The summed E-state index contributed by atoms with van der Waals surface area (Å²) in [6, 6.07) is 0. The molecule has 0 unspecified atom stereocenters. The molecule has 1 fully saturated rings. The van der Waals surface area contributed by atoms with Crippen LogP contribution in [-0.4, -0.2) is 25.8 Å². The zero-order valence-electron chi connectivity index (χ0n) is 10.4. The molecule has 1 rings (SSSR count). The van der Waals surface area contributed by atoms with Crippen LogP contribution in [0.2, 0.25) is 0 Å². The topological polar surface area (TPSA) is 35.5 Å². The van der Waals surface area contributed by atoms with E-state index >= 15 is 0 Å². The van der Waals surface area contributed by atoms with Crippen LogP contribution in [0.25, 0.3) is 0 Å². The van der Waals surface area contributed by atoms with Crippen molar-refractivity contribution in [2.24, 2.45) is 5.92 Å². The van der Waals surface area contributed by atoms with Crippen LogP contribution in [0.15, 0.2) is 37.0 Å². The second-order valence-electron chi connectivity index (χ2n) is 4.15. The van der Waals surface area contributed by atoms with Crippen molar-refractivity contribution in [2.75, 3.05) is 13.7 Å². The Morgan fingerprint density at radius 3 is 2.76 bits per heavy atom. The SMILES string of the molecule is C=C/C=C(\C=C)CO[C@H]1CC[C@@H](C(=O)OC)C1. The average Bonchev–Trinajstić information content (AvgIpc) is 2.82. The second kappa shape index (κ2) is 7.07. The van der Waals surface area contributed by atoms with E-state index in [9.17, 15) is 4.79 Å². The molecule has 0 saturated heterocycles. The normalized spacial score (nSPS) is 24.4. The van der Waals surface area contributed by atoms with E-state index in [0.717, 1.165) is 24.8 Å². The summed E-state index contributed by atoms with van der Waals surface area (Å²) in [7, 11) is 1.43. The first-order chi connectivity index (χ1) is 8.21. The predicted octanol–water partition coefficient (Wildman–Crippen LogP) is 2.64. The predicted molar refractivity (Wildman–Crippen MR) is 67.6 cm³/mol. The van der Waals surface area contributed by atoms with Crippen LogP contribution in [0, 0.1) is 5.92 Å². The highest BCUT2D eigenvalue weighted by Crippen LogP contribution is 2.29. The molecule has 0 bridgehead atoms. The molecule has 0 heterocycles. The Bertz CT molecular complexity index is 317. The highest BCUT2D eigenvalue weighted by atomic mass is 16.5. The molecule has 0 amide bonds. The third-order valence-electron chi connectivity index (χ3n) is 3.00. The average molecular weight is 236 g/mol. The molecular formula is C14H20O3. The Morgan fingerprint density at radius 2 is 2.18 bits per heavy atom. The number of carbonyl (C=O) groups excluding carboxylic acids is 1. The smallest absolute Gasteiger partial charge is 0.308 e. The molecule has 1 aliphatic rings. The summed E-state index contributed by atoms with van der Waals surface area (Å²) >= 11 is 0. The number of esters is 1. The molecule has 1 saturated carbocycles. The highest BCUT2D eigenvalue weighted by Gasteiger charge is 2.30. The van der Waals surface area contributed by atoms with Gasteiger partial charge in [-0.1, -0.05) is 31.4 Å². The molecule has 0 radical (unpaired) electrons. The van der Waals surface area contributed by atoms with Gasteiger partial charge in [0.2, 0.25) is 0 Å². The molecule has 2 atom stereocenters. The fourth-order valence-corrected chi connectivity index (χ4v) is 2.01. The van der Waals surface area contributed by atoms with Gasteiger partial charge in [0.1, 0.15) is 0 Å². The van der Waals surface area contributed by atoms with E-state index in [1.807, 2.05) is 6.08 Å². The van der Waals surface area contributed by atoms with Crippen LogP contribution in [0.3, 0.4) is 0 Å². The first-order valence-electron chi connectivity index (χ1n) is 5.84. The van der Waals surface area contributed by atoms with Crippen molar-refractivity contribution >= 4 is 5.97 Å². The fraction of sp³-hybridized carbons (Fsp3) is 0.500. The Balaban J connectivity index is 2.35. The van der Waals surface area contributed by atoms with Crippen molar-refractivity contribution in [3.05, 3.63) is 37.0 Å². The van der Waals surface area contributed by atoms with Crippen molar-refractivity contribution < 1.29 is 14.3 Å². The number of hydrogen-bond donors (Lipinski definition) is 0. The van der Waals surface area contributed by atoms with Gasteiger partial charge in [0.15, 0.2) is 0 Å². The zero-order valence-corrected chi connectivity index (χ0v) is 10.4. The van der Waals surface area contributed by atoms with Crippen molar-refractivity contribution in [1.29, 1.82) is 0 Å². The summed E-state index contributed by atoms with van der Waals surface area (Å²) in [6.07, 6.45) is 8.02. The van der Waals surface area contributed by atoms with Crippen LogP contribution in [0.1, 0.15) is 19.3 Å². The van der Waals surface area contributed by atoms with E-state index in [0.29, 0.717) is 6.61 Å². The Kier molecular flexibility index (Phi) is 5.70. The second-order valence-corrected chi connectivity index (χ2v) is 4.15. The monoisotopic (exact) mass is 236 g/mol. The molecule has 0 aromatic carbocycles. The van der Waals surface area contributed by atoms with E-state index < -0.39 is 0 Å². The van der Waals surface area contributed by atoms with Gasteiger partial charge >= 0.3 is 5.97 Å². The number of hydrogen-bond acceptors (Lipinski definition) is 3. The lowest BCUT2D eigenvalue weighted by Crippen LogP contribution is -2.16. The minimum absolute atomic E-state index is 0.000523. The van der Waals surface area contributed by atoms with Gasteiger partial charge in [0, 0.05) is 0 Å². The number of allylic oxidation sites excluding steroid dienone is 2. The summed E-state index contributed by atoms with van der Waals surface area (Å²) in [6.45, 7) is 7.87. The number of methoxy groups -OCH3 is 1. The van der Waals surface area contributed by atoms with Crippen molar-refractivity contribution in [1.82, 2.24) is 0 Å². The third kappa shape index (κ3) is 4.19. The number of ether oxygens (including phenoxy) is 2. The van der Waals surface area contributed by atoms with Gasteiger partial charge < -0.3 is 9.47 Å². The molecule has 3 nitrogen and oxygen atoms in total. The standard InChI is InChI=1S/C14H20O3/c1-4-6-11(5-2)10-17-13-8-7-12(9-13)14(15)16-3/h4-6,12-13H,1-2,7-10H2,3H3/b11-6+/t12-,13+/m1/s1. The molecule has 1 aliphatic carbocycles. The molecule has 94 valence electrons. The largest absolute Gasteiger partial charge is 0.469 e. The van der Waals surface area contributed by atoms with Gasteiger partial charge in [-0.2, -0.15) is 0 Å². The van der Waals surface area contributed by atoms with Gasteiger partial charge in [0.25, 0.3) is 0 Å². The fourth-order valence-electron chi connectivity index (χ4n) is 2.01. The van der Waals surface area contributed by atoms with Crippen LogP contribution in [0.4, 0.5) is 0 Å². The van der Waals surface area contributed by atoms with E-state index in [1.165, 1.54) is 7.11 Å². The summed E-state index contributed by atoms with van der Waals surface area (Å²) in [5.41, 5.74) is 1.00. The van der Waals surface area contributed by atoms with Gasteiger partial charge in [0.05, 0.1) is 25.7 Å². The molecule has 0 aromatic heterocycles. The van der Waals surface area contributed by atoms with Gasteiger partial charge in [-0.05, 0) is 24.8 Å². The number of rotatable bonds is 6. The van der Waals surface area contributed by atoms with E-state index in [-0.39, 0.29) is 18.0 Å². The van der Waals surface area contributed by atoms with Gasteiger partial charge in [-0.25, -0.2) is 0 Å². The van der Waals surface area contributed by atoms with Crippen LogP contribution < -0.4 is 0 Å². The highest BCUT2D eigenvalue weighted by molar-refractivity contribution is 5.72. The van der Waals surface area contributed by atoms with E-state index in [4.69, 9.17) is 9.47 Å². The Labute approximate surface area is 103 Å². The van der Waals surface area contributed by atoms with Crippen LogP contribution >= 0.6 is 0 Å². The van der Waals surface area contributed by atoms with Crippen molar-refractivity contribution in [3.63, 3.8) is 0 Å². The summed E-state index contributed by atoms with van der Waals surface area (Å²) < 4.78 is 10.5. The van der Waals surface area contributed by atoms with E-state index in [2.05, 4.69) is 13.2 Å². The Morgan fingerprint density at radius 1 is 1.41 bits per heavy atom. The minimum Gasteiger partial charge on any atom is -0.469 e. The summed E-state index contributed by atoms with van der Waals surface area (Å²) in [5.74, 6) is -0.123. The molecule has 0 spiro atoms. The maximum Gasteiger partial charge on any atom is 0.308 e. The first kappa shape index (κ1) is 13.7. The molecule has 3 heteroatoms. The van der Waals surface area contributed by atoms with Gasteiger partial charge in [-0.15, -0.1) is 0 Å².